The first-order chi connectivity index (χ1) is 5.44. The van der Waals surface area contributed by atoms with Crippen LogP contribution in [0.25, 0.3) is 0 Å². The lowest BCUT2D eigenvalue weighted by Gasteiger charge is -2.05. The zero-order chi connectivity index (χ0) is 9.78. The molecular weight excluding hydrogens is 176 g/mol. The summed E-state index contributed by atoms with van der Waals surface area (Å²) in [5.41, 5.74) is 0. The predicted molar refractivity (Wildman–Crippen MR) is 46.8 cm³/mol. The largest absolute Gasteiger partial charge is 0.382 e. The molecule has 0 spiro atoms. The highest BCUT2D eigenvalue weighted by molar-refractivity contribution is 7.95. The van der Waals surface area contributed by atoms with E-state index in [4.69, 9.17) is 5.26 Å². The summed E-state index contributed by atoms with van der Waals surface area (Å²) in [5, 5.41) is 8.52. The number of rotatable bonds is 3. The van der Waals surface area contributed by atoms with Crippen molar-refractivity contribution in [3.8, 4) is 6.07 Å². The highest BCUT2D eigenvalue weighted by Crippen LogP contribution is 2.05. The second kappa shape index (κ2) is 4.12. The van der Waals surface area contributed by atoms with Gasteiger partial charge in [-0.05, 0) is 0 Å². The Labute approximate surface area is 73.0 Å². The van der Waals surface area contributed by atoms with Crippen LogP contribution in [-0.4, -0.2) is 33.2 Å². The molecule has 68 valence electrons. The molecule has 0 aliphatic carbocycles. The van der Waals surface area contributed by atoms with Crippen molar-refractivity contribution in [1.82, 2.24) is 4.90 Å². The van der Waals surface area contributed by atoms with Crippen molar-refractivity contribution in [3.63, 3.8) is 0 Å². The van der Waals surface area contributed by atoms with Crippen molar-refractivity contribution in [2.24, 2.45) is 0 Å². The molecule has 0 radical (unpaired) electrons. The lowest BCUT2D eigenvalue weighted by Crippen LogP contribution is -2.10. The summed E-state index contributed by atoms with van der Waals surface area (Å²) in [6.45, 7) is 1.51. The van der Waals surface area contributed by atoms with Gasteiger partial charge in [-0.2, -0.15) is 5.26 Å². The number of nitriles is 1. The van der Waals surface area contributed by atoms with Gasteiger partial charge in [0, 0.05) is 20.3 Å². The maximum Gasteiger partial charge on any atom is 0.189 e. The zero-order valence-electron chi connectivity index (χ0n) is 7.40. The van der Waals surface area contributed by atoms with Crippen LogP contribution in [0.15, 0.2) is 11.1 Å². The van der Waals surface area contributed by atoms with Crippen molar-refractivity contribution in [1.29, 1.82) is 5.26 Å². The molecule has 0 heterocycles. The molecule has 0 N–H and O–H groups in total. The average molecular weight is 188 g/mol. The Morgan fingerprint density at radius 3 is 2.33 bits per heavy atom. The third-order valence-corrected chi connectivity index (χ3v) is 2.83. The first-order valence-electron chi connectivity index (χ1n) is 3.45. The minimum Gasteiger partial charge on any atom is -0.382 e. The topological polar surface area (TPSA) is 61.2 Å². The quantitative estimate of drug-likeness (QED) is 0.599. The summed E-state index contributed by atoms with van der Waals surface area (Å²) >= 11 is 0. The van der Waals surface area contributed by atoms with Crippen LogP contribution in [0.2, 0.25) is 0 Å². The predicted octanol–water partition coefficient (Wildman–Crippen LogP) is 0.348. The molecule has 0 saturated carbocycles. The standard InChI is InChI=1S/C7H12N2O2S/c1-4-12(10,11)7(5-8)6-9(2)3/h6H,4H2,1-3H3/b7-6-. The fourth-order valence-corrected chi connectivity index (χ4v) is 1.39. The van der Waals surface area contributed by atoms with E-state index in [1.807, 2.05) is 0 Å². The summed E-state index contributed by atoms with van der Waals surface area (Å²) < 4.78 is 22.3. The lowest BCUT2D eigenvalue weighted by atomic mass is 10.6. The average Bonchev–Trinajstić information content (AvgIpc) is 1.99. The smallest absolute Gasteiger partial charge is 0.189 e. The second-order valence-electron chi connectivity index (χ2n) is 2.47. The van der Waals surface area contributed by atoms with Crippen LogP contribution >= 0.6 is 0 Å². The van der Waals surface area contributed by atoms with Gasteiger partial charge < -0.3 is 4.90 Å². The van der Waals surface area contributed by atoms with Crippen molar-refractivity contribution in [2.75, 3.05) is 19.8 Å². The molecule has 5 heteroatoms. The Balaban J connectivity index is 4.98. The monoisotopic (exact) mass is 188 g/mol. The van der Waals surface area contributed by atoms with Gasteiger partial charge in [0.1, 0.15) is 6.07 Å². The molecular formula is C7H12N2O2S. The number of hydrogen-bond acceptors (Lipinski definition) is 4. The van der Waals surface area contributed by atoms with Crippen LogP contribution in [-0.2, 0) is 9.84 Å². The Hall–Kier alpha value is -1.02. The molecule has 4 nitrogen and oxygen atoms in total. The number of nitrogens with zero attached hydrogens (tertiary/aromatic N) is 2. The van der Waals surface area contributed by atoms with E-state index in [0.29, 0.717) is 0 Å². The third-order valence-electron chi connectivity index (χ3n) is 1.20. The van der Waals surface area contributed by atoms with Crippen LogP contribution in [0.4, 0.5) is 0 Å². The molecule has 0 rings (SSSR count). The molecule has 0 aromatic carbocycles. The molecule has 12 heavy (non-hydrogen) atoms. The maximum atomic E-state index is 11.1. The van der Waals surface area contributed by atoms with Gasteiger partial charge in [-0.25, -0.2) is 8.42 Å². The zero-order valence-corrected chi connectivity index (χ0v) is 8.22. The van der Waals surface area contributed by atoms with Gasteiger partial charge in [-0.15, -0.1) is 0 Å². The van der Waals surface area contributed by atoms with E-state index in [-0.39, 0.29) is 10.7 Å². The van der Waals surface area contributed by atoms with Crippen molar-refractivity contribution < 1.29 is 8.42 Å². The van der Waals surface area contributed by atoms with Gasteiger partial charge in [-0.3, -0.25) is 0 Å². The van der Waals surface area contributed by atoms with E-state index in [1.165, 1.54) is 18.0 Å². The molecule has 0 amide bonds. The van der Waals surface area contributed by atoms with E-state index in [0.717, 1.165) is 0 Å². The minimum absolute atomic E-state index is 0.0414. The molecule has 0 saturated heterocycles. The highest BCUT2D eigenvalue weighted by Gasteiger charge is 2.14. The summed E-state index contributed by atoms with van der Waals surface area (Å²) in [5.74, 6) is -0.0414. The Bertz CT molecular complexity index is 309. The van der Waals surface area contributed by atoms with E-state index in [2.05, 4.69) is 0 Å². The highest BCUT2D eigenvalue weighted by atomic mass is 32.2. The summed E-state index contributed by atoms with van der Waals surface area (Å²) in [6, 6.07) is 1.66. The Morgan fingerprint density at radius 2 is 2.08 bits per heavy atom. The lowest BCUT2D eigenvalue weighted by molar-refractivity contribution is 0.559. The van der Waals surface area contributed by atoms with E-state index < -0.39 is 9.84 Å². The summed E-state index contributed by atoms with van der Waals surface area (Å²) in [6.07, 6.45) is 1.30. The van der Waals surface area contributed by atoms with Gasteiger partial charge in [0.2, 0.25) is 0 Å². The molecule has 0 fully saturated rings. The maximum absolute atomic E-state index is 11.1. The number of sulfone groups is 1. The van der Waals surface area contributed by atoms with Crippen LogP contribution in [0.5, 0.6) is 0 Å². The second-order valence-corrected chi connectivity index (χ2v) is 4.72. The fraction of sp³-hybridized carbons (Fsp3) is 0.571. The van der Waals surface area contributed by atoms with Crippen molar-refractivity contribution in [2.45, 2.75) is 6.92 Å². The molecule has 0 unspecified atom stereocenters. The summed E-state index contributed by atoms with van der Waals surface area (Å²) in [7, 11) is -0.00875. The molecule has 0 atom stereocenters. The third kappa shape index (κ3) is 2.93. The first-order valence-corrected chi connectivity index (χ1v) is 5.10. The molecule has 0 aromatic heterocycles. The Kier molecular flexibility index (Phi) is 3.77. The minimum atomic E-state index is -3.35. The van der Waals surface area contributed by atoms with Crippen LogP contribution in [0, 0.1) is 11.3 Å². The van der Waals surface area contributed by atoms with Crippen molar-refractivity contribution >= 4 is 9.84 Å². The number of allylic oxidation sites excluding steroid dienone is 1. The van der Waals surface area contributed by atoms with Crippen molar-refractivity contribution in [3.05, 3.63) is 11.1 Å². The summed E-state index contributed by atoms with van der Waals surface area (Å²) in [4.78, 5) is 1.35. The van der Waals surface area contributed by atoms with Gasteiger partial charge >= 0.3 is 0 Å². The number of hydrogen-bond donors (Lipinski definition) is 0. The van der Waals surface area contributed by atoms with E-state index in [9.17, 15) is 8.42 Å². The molecule has 0 bridgehead atoms. The van der Waals surface area contributed by atoms with Gasteiger partial charge in [0.05, 0.1) is 5.75 Å². The molecule has 0 aliphatic heterocycles. The van der Waals surface area contributed by atoms with E-state index >= 15 is 0 Å². The fourth-order valence-electron chi connectivity index (χ4n) is 0.569. The van der Waals surface area contributed by atoms with E-state index in [1.54, 1.807) is 20.2 Å². The Morgan fingerprint density at radius 1 is 1.58 bits per heavy atom. The SMILES string of the molecule is CCS(=O)(=O)/C(C#N)=C\N(C)C. The normalized spacial score (nSPS) is 12.3. The van der Waals surface area contributed by atoms with Gasteiger partial charge in [0.25, 0.3) is 0 Å². The van der Waals surface area contributed by atoms with Crippen LogP contribution in [0.3, 0.4) is 0 Å². The molecule has 0 aliphatic rings. The van der Waals surface area contributed by atoms with Gasteiger partial charge in [-0.1, -0.05) is 6.92 Å². The molecule has 0 aromatic rings. The van der Waals surface area contributed by atoms with Crippen LogP contribution < -0.4 is 0 Å². The van der Waals surface area contributed by atoms with Gasteiger partial charge in [0.15, 0.2) is 14.7 Å². The van der Waals surface area contributed by atoms with Crippen LogP contribution in [0.1, 0.15) is 6.92 Å². The first kappa shape index (κ1) is 11.0.